The first-order valence-corrected chi connectivity index (χ1v) is 7.95. The Morgan fingerprint density at radius 3 is 2.60 bits per heavy atom. The minimum absolute atomic E-state index is 0. The molecule has 2 atom stereocenters. The standard InChI is InChI=1S/C16H21N7O.ClH/c1-11(17-3)9-15-18-16(24-20-15)14(23-12(2)19-21-22-23)10-13-7-5-4-6-8-13;/h4-8,11,14,17H,9-10H2,1-3H3;1H. The lowest BCUT2D eigenvalue weighted by atomic mass is 10.1. The van der Waals surface area contributed by atoms with Crippen LogP contribution in [0.25, 0.3) is 0 Å². The lowest BCUT2D eigenvalue weighted by molar-refractivity contribution is 0.316. The maximum atomic E-state index is 5.52. The van der Waals surface area contributed by atoms with Crippen molar-refractivity contribution in [3.63, 3.8) is 0 Å². The molecule has 3 rings (SSSR count). The number of halogens is 1. The molecule has 2 unspecified atom stereocenters. The van der Waals surface area contributed by atoms with E-state index in [-0.39, 0.29) is 24.5 Å². The Hall–Kier alpha value is -2.32. The Kier molecular flexibility index (Phi) is 6.60. The van der Waals surface area contributed by atoms with Crippen LogP contribution < -0.4 is 5.32 Å². The van der Waals surface area contributed by atoms with E-state index in [0.29, 0.717) is 30.4 Å². The molecule has 0 saturated carbocycles. The van der Waals surface area contributed by atoms with E-state index < -0.39 is 0 Å². The van der Waals surface area contributed by atoms with Gasteiger partial charge in [0.05, 0.1) is 0 Å². The third kappa shape index (κ3) is 4.61. The number of aryl methyl sites for hydroxylation is 1. The van der Waals surface area contributed by atoms with Gasteiger partial charge in [-0.1, -0.05) is 35.5 Å². The largest absolute Gasteiger partial charge is 0.337 e. The van der Waals surface area contributed by atoms with Gasteiger partial charge in [-0.05, 0) is 36.9 Å². The van der Waals surface area contributed by atoms with Gasteiger partial charge in [-0.25, -0.2) is 4.68 Å². The van der Waals surface area contributed by atoms with Crippen LogP contribution in [-0.2, 0) is 12.8 Å². The second kappa shape index (κ2) is 8.68. The van der Waals surface area contributed by atoms with Crippen LogP contribution in [0.3, 0.4) is 0 Å². The normalized spacial score (nSPS) is 13.2. The van der Waals surface area contributed by atoms with Crippen LogP contribution in [0.2, 0.25) is 0 Å². The van der Waals surface area contributed by atoms with Crippen molar-refractivity contribution in [2.75, 3.05) is 7.05 Å². The van der Waals surface area contributed by atoms with Crippen molar-refractivity contribution in [3.05, 3.63) is 53.4 Å². The molecule has 0 spiro atoms. The first-order valence-electron chi connectivity index (χ1n) is 7.95. The van der Waals surface area contributed by atoms with Gasteiger partial charge < -0.3 is 9.84 Å². The number of tetrazole rings is 1. The highest BCUT2D eigenvalue weighted by molar-refractivity contribution is 5.85. The van der Waals surface area contributed by atoms with Crippen LogP contribution in [0.4, 0.5) is 0 Å². The van der Waals surface area contributed by atoms with Crippen molar-refractivity contribution in [3.8, 4) is 0 Å². The van der Waals surface area contributed by atoms with Crippen molar-refractivity contribution in [1.29, 1.82) is 0 Å². The van der Waals surface area contributed by atoms with E-state index in [1.807, 2.05) is 32.2 Å². The van der Waals surface area contributed by atoms with E-state index in [2.05, 4.69) is 50.0 Å². The van der Waals surface area contributed by atoms with Gasteiger partial charge in [0.2, 0.25) is 0 Å². The van der Waals surface area contributed by atoms with E-state index >= 15 is 0 Å². The van der Waals surface area contributed by atoms with Gasteiger partial charge in [0.1, 0.15) is 11.9 Å². The van der Waals surface area contributed by atoms with Crippen LogP contribution in [0.15, 0.2) is 34.9 Å². The summed E-state index contributed by atoms with van der Waals surface area (Å²) < 4.78 is 7.25. The Balaban J connectivity index is 0.00000225. The predicted molar refractivity (Wildman–Crippen MR) is 94.6 cm³/mol. The SMILES string of the molecule is CNC(C)Cc1noc(C(Cc2ccccc2)n2nnnc2C)n1.Cl. The van der Waals surface area contributed by atoms with E-state index in [1.54, 1.807) is 4.68 Å². The average Bonchev–Trinajstić information content (AvgIpc) is 3.23. The number of hydrogen-bond acceptors (Lipinski definition) is 7. The second-order valence-corrected chi connectivity index (χ2v) is 5.82. The van der Waals surface area contributed by atoms with Gasteiger partial charge >= 0.3 is 0 Å². The summed E-state index contributed by atoms with van der Waals surface area (Å²) in [6.07, 6.45) is 1.38. The number of likely N-dealkylation sites (N-methyl/N-ethyl adjacent to an activating group) is 1. The summed E-state index contributed by atoms with van der Waals surface area (Å²) in [5.41, 5.74) is 1.15. The molecule has 2 aromatic heterocycles. The molecule has 134 valence electrons. The highest BCUT2D eigenvalue weighted by Gasteiger charge is 2.25. The Morgan fingerprint density at radius 2 is 1.96 bits per heavy atom. The molecule has 8 nitrogen and oxygen atoms in total. The number of aromatic nitrogens is 6. The zero-order chi connectivity index (χ0) is 16.9. The first-order chi connectivity index (χ1) is 11.7. The van der Waals surface area contributed by atoms with Crippen LogP contribution in [-0.4, -0.2) is 43.4 Å². The van der Waals surface area contributed by atoms with Crippen molar-refractivity contribution in [2.24, 2.45) is 0 Å². The second-order valence-electron chi connectivity index (χ2n) is 5.82. The van der Waals surface area contributed by atoms with Crippen LogP contribution >= 0.6 is 12.4 Å². The molecule has 2 heterocycles. The monoisotopic (exact) mass is 363 g/mol. The third-order valence-electron chi connectivity index (χ3n) is 3.97. The Morgan fingerprint density at radius 1 is 1.20 bits per heavy atom. The molecule has 0 bridgehead atoms. The summed E-state index contributed by atoms with van der Waals surface area (Å²) in [5.74, 6) is 1.91. The number of benzene rings is 1. The van der Waals surface area contributed by atoms with Crippen LogP contribution in [0.5, 0.6) is 0 Å². The molecule has 1 N–H and O–H groups in total. The van der Waals surface area contributed by atoms with Gasteiger partial charge in [0.15, 0.2) is 5.82 Å². The Labute approximate surface area is 152 Å². The fraction of sp³-hybridized carbons (Fsp3) is 0.438. The Bertz CT molecular complexity index is 774. The molecule has 0 aliphatic heterocycles. The first kappa shape index (κ1) is 19.0. The van der Waals surface area contributed by atoms with E-state index in [9.17, 15) is 0 Å². The molecule has 25 heavy (non-hydrogen) atoms. The van der Waals surface area contributed by atoms with Crippen LogP contribution in [0, 0.1) is 6.92 Å². The molecule has 0 fully saturated rings. The summed E-state index contributed by atoms with van der Waals surface area (Å²) in [5, 5.41) is 19.1. The van der Waals surface area contributed by atoms with E-state index in [0.717, 1.165) is 5.56 Å². The molecular formula is C16H22ClN7O. The van der Waals surface area contributed by atoms with E-state index in [4.69, 9.17) is 4.52 Å². The summed E-state index contributed by atoms with van der Waals surface area (Å²) in [6.45, 7) is 3.93. The topological polar surface area (TPSA) is 94.6 Å². The van der Waals surface area contributed by atoms with Gasteiger partial charge in [0.25, 0.3) is 5.89 Å². The molecule has 0 amide bonds. The highest BCUT2D eigenvalue weighted by Crippen LogP contribution is 2.22. The molecule has 0 saturated heterocycles. The smallest absolute Gasteiger partial charge is 0.251 e. The fourth-order valence-electron chi connectivity index (χ4n) is 2.50. The maximum absolute atomic E-state index is 5.52. The molecule has 1 aromatic carbocycles. The van der Waals surface area contributed by atoms with Crippen LogP contribution in [0.1, 0.15) is 36.1 Å². The summed E-state index contributed by atoms with van der Waals surface area (Å²) in [7, 11) is 1.91. The average molecular weight is 364 g/mol. The molecular weight excluding hydrogens is 342 g/mol. The molecule has 0 aliphatic carbocycles. The minimum Gasteiger partial charge on any atom is -0.337 e. The fourth-order valence-corrected chi connectivity index (χ4v) is 2.50. The highest BCUT2D eigenvalue weighted by atomic mass is 35.5. The van der Waals surface area contributed by atoms with Gasteiger partial charge in [0, 0.05) is 18.9 Å². The summed E-state index contributed by atoms with van der Waals surface area (Å²) >= 11 is 0. The maximum Gasteiger partial charge on any atom is 0.251 e. The van der Waals surface area contributed by atoms with Crippen molar-refractivity contribution < 1.29 is 4.52 Å². The quantitative estimate of drug-likeness (QED) is 0.683. The van der Waals surface area contributed by atoms with Crippen molar-refractivity contribution >= 4 is 12.4 Å². The summed E-state index contributed by atoms with van der Waals surface area (Å²) in [4.78, 5) is 4.56. The van der Waals surface area contributed by atoms with Gasteiger partial charge in [-0.2, -0.15) is 4.98 Å². The van der Waals surface area contributed by atoms with Crippen molar-refractivity contribution in [2.45, 2.75) is 38.8 Å². The molecule has 3 aromatic rings. The third-order valence-corrected chi connectivity index (χ3v) is 3.97. The van der Waals surface area contributed by atoms with Crippen molar-refractivity contribution in [1.82, 2.24) is 35.7 Å². The predicted octanol–water partition coefficient (Wildman–Crippen LogP) is 1.77. The molecule has 0 aliphatic rings. The summed E-state index contributed by atoms with van der Waals surface area (Å²) in [6, 6.07) is 10.2. The number of nitrogens with zero attached hydrogens (tertiary/aromatic N) is 6. The minimum atomic E-state index is -0.228. The van der Waals surface area contributed by atoms with E-state index in [1.165, 1.54) is 0 Å². The lowest BCUT2D eigenvalue weighted by Crippen LogP contribution is -2.24. The van der Waals surface area contributed by atoms with Gasteiger partial charge in [-0.15, -0.1) is 17.5 Å². The molecule has 0 radical (unpaired) electrons. The van der Waals surface area contributed by atoms with Gasteiger partial charge in [-0.3, -0.25) is 0 Å². The number of hydrogen-bond donors (Lipinski definition) is 1. The number of nitrogens with one attached hydrogen (secondary N) is 1. The number of rotatable bonds is 7. The molecule has 9 heteroatoms. The zero-order valence-electron chi connectivity index (χ0n) is 14.5. The zero-order valence-corrected chi connectivity index (χ0v) is 15.3. The lowest BCUT2D eigenvalue weighted by Gasteiger charge is -2.13.